The number of rotatable bonds is 7. The number of aromatic nitrogens is 1. The van der Waals surface area contributed by atoms with Gasteiger partial charge in [0.1, 0.15) is 0 Å². The zero-order chi connectivity index (χ0) is 23.8. The summed E-state index contributed by atoms with van der Waals surface area (Å²) in [7, 11) is -2.42. The SMILES string of the molecule is CCOC(=O)C(N)C(=O)c1c[nH]c(C=C2C(=O)Nc3ccc(S(=O)(=O)NC)c(C)c32)c1C. The van der Waals surface area contributed by atoms with Crippen LogP contribution in [0.25, 0.3) is 11.6 Å². The molecule has 1 aromatic carbocycles. The number of carbonyl (C=O) groups is 3. The molecule has 32 heavy (non-hydrogen) atoms. The highest BCUT2D eigenvalue weighted by Crippen LogP contribution is 2.38. The fourth-order valence-electron chi connectivity index (χ4n) is 3.55. The highest BCUT2D eigenvalue weighted by molar-refractivity contribution is 7.89. The molecule has 0 bridgehead atoms. The van der Waals surface area contributed by atoms with Crippen molar-refractivity contribution in [2.45, 2.75) is 31.7 Å². The van der Waals surface area contributed by atoms with Gasteiger partial charge in [0.15, 0.2) is 11.8 Å². The lowest BCUT2D eigenvalue weighted by Crippen LogP contribution is -2.40. The van der Waals surface area contributed by atoms with E-state index in [9.17, 15) is 22.8 Å². The summed E-state index contributed by atoms with van der Waals surface area (Å²) in [6, 6.07) is 1.49. The first-order valence-corrected chi connectivity index (χ1v) is 11.3. The number of aromatic amines is 1. The predicted octanol–water partition coefficient (Wildman–Crippen LogP) is 1.11. The fourth-order valence-corrected chi connectivity index (χ4v) is 4.53. The molecule has 3 rings (SSSR count). The van der Waals surface area contributed by atoms with Crippen LogP contribution in [0.4, 0.5) is 5.69 Å². The molecule has 2 aromatic rings. The molecule has 0 fully saturated rings. The van der Waals surface area contributed by atoms with E-state index >= 15 is 0 Å². The summed E-state index contributed by atoms with van der Waals surface area (Å²) < 4.78 is 31.7. The summed E-state index contributed by atoms with van der Waals surface area (Å²) in [5, 5.41) is 2.72. The number of hydrogen-bond donors (Lipinski definition) is 4. The Hall–Kier alpha value is -3.28. The van der Waals surface area contributed by atoms with Gasteiger partial charge in [-0.05, 0) is 57.2 Å². The third-order valence-electron chi connectivity index (χ3n) is 5.29. The van der Waals surface area contributed by atoms with Gasteiger partial charge in [0, 0.05) is 28.7 Å². The van der Waals surface area contributed by atoms with Gasteiger partial charge in [-0.2, -0.15) is 0 Å². The third-order valence-corrected chi connectivity index (χ3v) is 6.85. The predicted molar refractivity (Wildman–Crippen MR) is 118 cm³/mol. The summed E-state index contributed by atoms with van der Waals surface area (Å²) in [5.41, 5.74) is 8.43. The number of esters is 1. The van der Waals surface area contributed by atoms with Crippen LogP contribution in [0.15, 0.2) is 23.2 Å². The number of ketones is 1. The van der Waals surface area contributed by atoms with Crippen molar-refractivity contribution < 1.29 is 27.5 Å². The van der Waals surface area contributed by atoms with E-state index in [0.717, 1.165) is 0 Å². The van der Waals surface area contributed by atoms with Crippen LogP contribution in [0.5, 0.6) is 0 Å². The lowest BCUT2D eigenvalue weighted by molar-refractivity contribution is -0.143. The number of benzene rings is 1. The first kappa shape index (κ1) is 23.4. The maximum atomic E-state index is 12.6. The van der Waals surface area contributed by atoms with Crippen LogP contribution in [0, 0.1) is 13.8 Å². The van der Waals surface area contributed by atoms with Crippen LogP contribution < -0.4 is 15.8 Å². The van der Waals surface area contributed by atoms with E-state index in [1.54, 1.807) is 20.8 Å². The van der Waals surface area contributed by atoms with Crippen molar-refractivity contribution in [2.24, 2.45) is 5.73 Å². The van der Waals surface area contributed by atoms with Crippen molar-refractivity contribution in [3.05, 3.63) is 46.3 Å². The molecule has 1 unspecified atom stereocenters. The third kappa shape index (κ3) is 3.97. The Morgan fingerprint density at radius 3 is 2.56 bits per heavy atom. The molecule has 0 spiro atoms. The monoisotopic (exact) mass is 460 g/mol. The first-order chi connectivity index (χ1) is 15.0. The van der Waals surface area contributed by atoms with Crippen LogP contribution in [-0.2, 0) is 24.3 Å². The van der Waals surface area contributed by atoms with E-state index in [1.165, 1.54) is 31.5 Å². The summed E-state index contributed by atoms with van der Waals surface area (Å²) >= 11 is 0. The molecule has 5 N–H and O–H groups in total. The van der Waals surface area contributed by atoms with E-state index in [1.807, 2.05) is 0 Å². The quantitative estimate of drug-likeness (QED) is 0.208. The van der Waals surface area contributed by atoms with E-state index in [-0.39, 0.29) is 22.6 Å². The van der Waals surface area contributed by atoms with Gasteiger partial charge in [-0.3, -0.25) is 9.59 Å². The molecule has 1 aliphatic heterocycles. The maximum Gasteiger partial charge on any atom is 0.331 e. The molecule has 2 heterocycles. The summed E-state index contributed by atoms with van der Waals surface area (Å²) in [4.78, 5) is 40.0. The second-order valence-corrected chi connectivity index (χ2v) is 9.02. The number of H-pyrrole nitrogens is 1. The Kier molecular flexibility index (Phi) is 6.35. The molecule has 10 nitrogen and oxygen atoms in total. The molecule has 11 heteroatoms. The Balaban J connectivity index is 2.05. The van der Waals surface area contributed by atoms with Crippen molar-refractivity contribution in [3.8, 4) is 0 Å². The number of nitrogens with two attached hydrogens (primary N) is 1. The number of Topliss-reactive ketones (excluding diaryl/α,β-unsaturated/α-hetero) is 1. The molecule has 1 aliphatic rings. The minimum atomic E-state index is -3.73. The van der Waals surface area contributed by atoms with Crippen LogP contribution in [0.1, 0.15) is 39.7 Å². The van der Waals surface area contributed by atoms with Crippen LogP contribution in [0.2, 0.25) is 0 Å². The zero-order valence-electron chi connectivity index (χ0n) is 18.0. The second-order valence-electron chi connectivity index (χ2n) is 7.17. The first-order valence-electron chi connectivity index (χ1n) is 9.78. The van der Waals surface area contributed by atoms with Gasteiger partial charge in [-0.25, -0.2) is 17.9 Å². The lowest BCUT2D eigenvalue weighted by atomic mass is 9.98. The normalized spacial score (nSPS) is 15.4. The highest BCUT2D eigenvalue weighted by Gasteiger charge is 2.31. The molecular formula is C21H24N4O6S. The van der Waals surface area contributed by atoms with Crippen molar-refractivity contribution in [1.82, 2.24) is 9.71 Å². The van der Waals surface area contributed by atoms with Gasteiger partial charge in [-0.15, -0.1) is 0 Å². The number of ether oxygens (including phenoxy) is 1. The number of sulfonamides is 1. The van der Waals surface area contributed by atoms with Gasteiger partial charge in [0.25, 0.3) is 5.91 Å². The molecular weight excluding hydrogens is 436 g/mol. The highest BCUT2D eigenvalue weighted by atomic mass is 32.2. The Morgan fingerprint density at radius 1 is 1.25 bits per heavy atom. The Labute approximate surface area is 185 Å². The fraction of sp³-hybridized carbons (Fsp3) is 0.286. The molecule has 170 valence electrons. The average Bonchev–Trinajstić information content (AvgIpc) is 3.27. The molecule has 1 atom stereocenters. The van der Waals surface area contributed by atoms with Gasteiger partial charge in [0.2, 0.25) is 10.0 Å². The second kappa shape index (κ2) is 8.69. The smallest absolute Gasteiger partial charge is 0.331 e. The van der Waals surface area contributed by atoms with Crippen molar-refractivity contribution in [2.75, 3.05) is 19.0 Å². The van der Waals surface area contributed by atoms with E-state index in [0.29, 0.717) is 28.1 Å². The standard InChI is InChI=1S/C21H24N4O6S/c1-5-31-21(28)18(22)19(26)13-9-24-15(10(13)2)8-12-17-11(3)16(32(29,30)23-4)7-6-14(17)25-20(12)27/h6-9,18,23-24H,5,22H2,1-4H3,(H,25,27). The number of nitrogens with one attached hydrogen (secondary N) is 3. The van der Waals surface area contributed by atoms with Gasteiger partial charge >= 0.3 is 5.97 Å². The number of hydrogen-bond acceptors (Lipinski definition) is 7. The number of amides is 1. The molecule has 0 radical (unpaired) electrons. The van der Waals surface area contributed by atoms with E-state index < -0.39 is 33.7 Å². The maximum absolute atomic E-state index is 12.6. The zero-order valence-corrected chi connectivity index (χ0v) is 18.8. The van der Waals surface area contributed by atoms with Crippen molar-refractivity contribution >= 4 is 45.0 Å². The number of anilines is 1. The van der Waals surface area contributed by atoms with Crippen LogP contribution in [-0.4, -0.2) is 50.8 Å². The molecule has 1 amide bonds. The van der Waals surface area contributed by atoms with E-state index in [2.05, 4.69) is 15.0 Å². The van der Waals surface area contributed by atoms with Gasteiger partial charge in [0.05, 0.1) is 17.1 Å². The number of fused-ring (bicyclic) bond motifs is 1. The summed E-state index contributed by atoms with van der Waals surface area (Å²) in [6.07, 6.45) is 2.94. The van der Waals surface area contributed by atoms with Crippen molar-refractivity contribution in [1.29, 1.82) is 0 Å². The molecule has 0 aliphatic carbocycles. The molecule has 0 saturated heterocycles. The Morgan fingerprint density at radius 2 is 1.94 bits per heavy atom. The minimum absolute atomic E-state index is 0.0561. The van der Waals surface area contributed by atoms with Crippen molar-refractivity contribution in [3.63, 3.8) is 0 Å². The molecule has 1 aromatic heterocycles. The van der Waals surface area contributed by atoms with E-state index in [4.69, 9.17) is 10.5 Å². The Bertz CT molecular complexity index is 1260. The minimum Gasteiger partial charge on any atom is -0.464 e. The van der Waals surface area contributed by atoms with Crippen LogP contribution >= 0.6 is 0 Å². The topological polar surface area (TPSA) is 160 Å². The molecule has 0 saturated carbocycles. The summed E-state index contributed by atoms with van der Waals surface area (Å²) in [5.74, 6) is -1.85. The number of carbonyl (C=O) groups excluding carboxylic acids is 3. The van der Waals surface area contributed by atoms with Gasteiger partial charge in [-0.1, -0.05) is 0 Å². The van der Waals surface area contributed by atoms with Gasteiger partial charge < -0.3 is 20.8 Å². The summed E-state index contributed by atoms with van der Waals surface area (Å²) in [6.45, 7) is 4.98. The lowest BCUT2D eigenvalue weighted by Gasteiger charge is -2.11. The largest absolute Gasteiger partial charge is 0.464 e. The average molecular weight is 461 g/mol. The van der Waals surface area contributed by atoms with Crippen LogP contribution in [0.3, 0.4) is 0 Å².